The Morgan fingerprint density at radius 3 is 2.69 bits per heavy atom. The standard InChI is InChI=1S/C18H23N5O2S/c1-22-8-12-9-23(16(24)7-15-20-21-18(19)26-15)10-14(12)17(22)11-3-5-13(25-2)6-4-11/h3-6,12,14,17H,7-10H2,1-2H3,(H2,19,21)/t12-,14+,17+/m0/s1. The molecule has 1 aromatic heterocycles. The fourth-order valence-electron chi connectivity index (χ4n) is 4.34. The third-order valence-corrected chi connectivity index (χ3v) is 6.24. The zero-order valence-electron chi connectivity index (χ0n) is 15.0. The lowest BCUT2D eigenvalue weighted by molar-refractivity contribution is -0.129. The third kappa shape index (κ3) is 3.14. The minimum atomic E-state index is 0.117. The summed E-state index contributed by atoms with van der Waals surface area (Å²) in [7, 11) is 3.85. The van der Waals surface area contributed by atoms with Gasteiger partial charge < -0.3 is 15.4 Å². The summed E-state index contributed by atoms with van der Waals surface area (Å²) in [6, 6.07) is 8.62. The monoisotopic (exact) mass is 373 g/mol. The molecule has 0 radical (unpaired) electrons. The van der Waals surface area contributed by atoms with Crippen LogP contribution in [0.4, 0.5) is 5.13 Å². The molecule has 138 valence electrons. The van der Waals surface area contributed by atoms with E-state index in [0.717, 1.165) is 25.4 Å². The molecule has 3 heterocycles. The maximum atomic E-state index is 12.7. The van der Waals surface area contributed by atoms with E-state index in [2.05, 4.69) is 34.3 Å². The predicted octanol–water partition coefficient (Wildman–Crippen LogP) is 1.43. The number of likely N-dealkylation sites (tertiary alicyclic amines) is 2. The van der Waals surface area contributed by atoms with Gasteiger partial charge in [-0.05, 0) is 30.7 Å². The first kappa shape index (κ1) is 17.2. The van der Waals surface area contributed by atoms with Crippen LogP contribution in [0.15, 0.2) is 24.3 Å². The molecule has 2 fully saturated rings. The molecule has 3 atom stereocenters. The normalized spacial score (nSPS) is 25.5. The molecule has 0 spiro atoms. The molecule has 0 aliphatic carbocycles. The number of rotatable bonds is 4. The minimum absolute atomic E-state index is 0.117. The van der Waals surface area contributed by atoms with Crippen molar-refractivity contribution in [3.05, 3.63) is 34.8 Å². The molecule has 7 nitrogen and oxygen atoms in total. The number of methoxy groups -OCH3 is 1. The summed E-state index contributed by atoms with van der Waals surface area (Å²) in [4.78, 5) is 17.0. The molecule has 8 heteroatoms. The number of ether oxygens (including phenoxy) is 1. The summed E-state index contributed by atoms with van der Waals surface area (Å²) in [6.07, 6.45) is 0.289. The van der Waals surface area contributed by atoms with Crippen LogP contribution < -0.4 is 10.5 Å². The average molecular weight is 373 g/mol. The fraction of sp³-hybridized carbons (Fsp3) is 0.500. The average Bonchev–Trinajstić information content (AvgIpc) is 3.29. The number of carbonyl (C=O) groups excluding carboxylic acids is 1. The number of nitrogens with zero attached hydrogens (tertiary/aromatic N) is 4. The molecule has 2 aromatic rings. The van der Waals surface area contributed by atoms with E-state index in [4.69, 9.17) is 10.5 Å². The highest BCUT2D eigenvalue weighted by molar-refractivity contribution is 7.15. The Kier molecular flexibility index (Phi) is 4.54. The maximum Gasteiger partial charge on any atom is 0.229 e. The molecule has 2 N–H and O–H groups in total. The fourth-order valence-corrected chi connectivity index (χ4v) is 4.94. The highest BCUT2D eigenvalue weighted by Gasteiger charge is 2.47. The van der Waals surface area contributed by atoms with E-state index in [1.807, 2.05) is 17.0 Å². The molecular weight excluding hydrogens is 350 g/mol. The highest BCUT2D eigenvalue weighted by Crippen LogP contribution is 2.44. The summed E-state index contributed by atoms with van der Waals surface area (Å²) >= 11 is 1.29. The quantitative estimate of drug-likeness (QED) is 0.873. The van der Waals surface area contributed by atoms with Gasteiger partial charge in [0.05, 0.1) is 13.5 Å². The second-order valence-electron chi connectivity index (χ2n) is 7.09. The minimum Gasteiger partial charge on any atom is -0.497 e. The van der Waals surface area contributed by atoms with Crippen molar-refractivity contribution in [2.24, 2.45) is 11.8 Å². The Bertz CT molecular complexity index is 793. The first-order valence-corrected chi connectivity index (χ1v) is 9.56. The van der Waals surface area contributed by atoms with E-state index in [1.165, 1.54) is 16.9 Å². The van der Waals surface area contributed by atoms with Gasteiger partial charge in [0.2, 0.25) is 11.0 Å². The number of carbonyl (C=O) groups is 1. The molecule has 2 aliphatic heterocycles. The van der Waals surface area contributed by atoms with Crippen LogP contribution >= 0.6 is 11.3 Å². The second kappa shape index (κ2) is 6.85. The van der Waals surface area contributed by atoms with Crippen LogP contribution in [-0.4, -0.2) is 59.7 Å². The van der Waals surface area contributed by atoms with Gasteiger partial charge in [-0.2, -0.15) is 0 Å². The van der Waals surface area contributed by atoms with Crippen molar-refractivity contribution >= 4 is 22.4 Å². The maximum absolute atomic E-state index is 12.7. The van der Waals surface area contributed by atoms with Crippen molar-refractivity contribution in [3.8, 4) is 5.75 Å². The van der Waals surface area contributed by atoms with Gasteiger partial charge in [0.1, 0.15) is 10.8 Å². The number of fused-ring (bicyclic) bond motifs is 1. The lowest BCUT2D eigenvalue weighted by atomic mass is 9.89. The molecule has 0 bridgehead atoms. The van der Waals surface area contributed by atoms with E-state index in [9.17, 15) is 4.79 Å². The molecule has 1 amide bonds. The van der Waals surface area contributed by atoms with Crippen molar-refractivity contribution < 1.29 is 9.53 Å². The number of amides is 1. The van der Waals surface area contributed by atoms with Gasteiger partial charge in [0.25, 0.3) is 0 Å². The first-order valence-electron chi connectivity index (χ1n) is 8.75. The number of hydrogen-bond donors (Lipinski definition) is 1. The molecule has 0 unspecified atom stereocenters. The van der Waals surface area contributed by atoms with Crippen molar-refractivity contribution in [2.45, 2.75) is 12.5 Å². The molecule has 26 heavy (non-hydrogen) atoms. The summed E-state index contributed by atoms with van der Waals surface area (Å²) in [5.74, 6) is 1.95. The van der Waals surface area contributed by atoms with Crippen molar-refractivity contribution in [1.82, 2.24) is 20.0 Å². The number of nitrogens with two attached hydrogens (primary N) is 1. The molecular formula is C18H23N5O2S. The zero-order chi connectivity index (χ0) is 18.3. The number of nitrogen functional groups attached to an aromatic ring is 1. The predicted molar refractivity (Wildman–Crippen MR) is 100.0 cm³/mol. The molecule has 1 aromatic carbocycles. The van der Waals surface area contributed by atoms with Gasteiger partial charge in [-0.1, -0.05) is 23.5 Å². The lowest BCUT2D eigenvalue weighted by Crippen LogP contribution is -2.34. The lowest BCUT2D eigenvalue weighted by Gasteiger charge is -2.27. The van der Waals surface area contributed by atoms with Gasteiger partial charge in [-0.3, -0.25) is 9.69 Å². The van der Waals surface area contributed by atoms with Crippen LogP contribution in [0.5, 0.6) is 5.75 Å². The van der Waals surface area contributed by atoms with Crippen LogP contribution in [0, 0.1) is 11.8 Å². The Morgan fingerprint density at radius 1 is 1.27 bits per heavy atom. The molecule has 2 saturated heterocycles. The Hall–Kier alpha value is -2.19. The number of benzene rings is 1. The summed E-state index contributed by atoms with van der Waals surface area (Å²) in [5, 5.41) is 8.85. The van der Waals surface area contributed by atoms with E-state index in [-0.39, 0.29) is 12.3 Å². The van der Waals surface area contributed by atoms with Crippen LogP contribution in [0.25, 0.3) is 0 Å². The van der Waals surface area contributed by atoms with Gasteiger partial charge in [-0.15, -0.1) is 10.2 Å². The van der Waals surface area contributed by atoms with Gasteiger partial charge >= 0.3 is 0 Å². The Balaban J connectivity index is 1.46. The molecule has 4 rings (SSSR count). The van der Waals surface area contributed by atoms with Crippen molar-refractivity contribution in [1.29, 1.82) is 0 Å². The van der Waals surface area contributed by atoms with E-state index >= 15 is 0 Å². The second-order valence-corrected chi connectivity index (χ2v) is 8.18. The summed E-state index contributed by atoms with van der Waals surface area (Å²) in [5.41, 5.74) is 6.89. The Labute approximate surface area is 156 Å². The van der Waals surface area contributed by atoms with E-state index in [0.29, 0.717) is 28.0 Å². The first-order chi connectivity index (χ1) is 12.5. The molecule has 0 saturated carbocycles. The number of aromatic nitrogens is 2. The summed E-state index contributed by atoms with van der Waals surface area (Å²) < 4.78 is 5.27. The topological polar surface area (TPSA) is 84.6 Å². The number of hydrogen-bond acceptors (Lipinski definition) is 7. The van der Waals surface area contributed by atoms with Crippen molar-refractivity contribution in [3.63, 3.8) is 0 Å². The largest absolute Gasteiger partial charge is 0.497 e. The van der Waals surface area contributed by atoms with Gasteiger partial charge in [0, 0.05) is 31.6 Å². The van der Waals surface area contributed by atoms with Gasteiger partial charge in [-0.25, -0.2) is 0 Å². The van der Waals surface area contributed by atoms with Crippen LogP contribution in [0.3, 0.4) is 0 Å². The third-order valence-electron chi connectivity index (χ3n) is 5.49. The van der Waals surface area contributed by atoms with E-state index < -0.39 is 0 Å². The molecule has 2 aliphatic rings. The smallest absolute Gasteiger partial charge is 0.229 e. The van der Waals surface area contributed by atoms with Crippen LogP contribution in [0.2, 0.25) is 0 Å². The number of anilines is 1. The Morgan fingerprint density at radius 2 is 2.04 bits per heavy atom. The summed E-state index contributed by atoms with van der Waals surface area (Å²) in [6.45, 7) is 2.62. The SMILES string of the molecule is COc1ccc([C@@H]2[C@@H]3CN(C(=O)Cc4nnc(N)s4)C[C@@H]3CN2C)cc1. The van der Waals surface area contributed by atoms with Gasteiger partial charge in [0.15, 0.2) is 0 Å². The van der Waals surface area contributed by atoms with E-state index in [1.54, 1.807) is 7.11 Å². The van der Waals surface area contributed by atoms with Crippen LogP contribution in [-0.2, 0) is 11.2 Å². The van der Waals surface area contributed by atoms with Crippen LogP contribution in [0.1, 0.15) is 16.6 Å². The highest BCUT2D eigenvalue weighted by atomic mass is 32.1. The van der Waals surface area contributed by atoms with Crippen molar-refractivity contribution in [2.75, 3.05) is 39.5 Å². The zero-order valence-corrected chi connectivity index (χ0v) is 15.8.